The number of fused-ring (bicyclic) bond motifs is 3. The van der Waals surface area contributed by atoms with Gasteiger partial charge in [0.2, 0.25) is 11.7 Å². The molecule has 1 fully saturated rings. The molecule has 1 saturated heterocycles. The number of imidazole rings is 1. The van der Waals surface area contributed by atoms with Crippen molar-refractivity contribution >= 4 is 11.7 Å². The van der Waals surface area contributed by atoms with Gasteiger partial charge in [0.15, 0.2) is 0 Å². The topological polar surface area (TPSA) is 123 Å². The normalized spacial score (nSPS) is 16.4. The van der Waals surface area contributed by atoms with E-state index in [0.29, 0.717) is 36.2 Å². The highest BCUT2D eigenvalue weighted by atomic mass is 16.5. The average molecular weight is 422 g/mol. The van der Waals surface area contributed by atoms with E-state index in [4.69, 9.17) is 9.72 Å². The van der Waals surface area contributed by atoms with E-state index in [1.807, 2.05) is 10.8 Å². The van der Waals surface area contributed by atoms with E-state index >= 15 is 0 Å². The van der Waals surface area contributed by atoms with Gasteiger partial charge in [0.25, 0.3) is 0 Å². The first-order chi connectivity index (χ1) is 15.1. The van der Waals surface area contributed by atoms with Gasteiger partial charge in [-0.05, 0) is 25.9 Å². The summed E-state index contributed by atoms with van der Waals surface area (Å²) in [5, 5.41) is 13.5. The van der Waals surface area contributed by atoms with Gasteiger partial charge >= 0.3 is 0 Å². The standard InChI is InChI=1S/C21H26N8O2/c1-12(2)18-26-19(28-27-18)15-11-29-7-8-31-16-9-17(23-10-14(16)20(29)24-15)25-21(30)13-3-5-22-6-4-13/h9-13,22H,3-8H2,1-2H3,(H,23,25,30)(H,26,27,28). The second-order valence-corrected chi connectivity index (χ2v) is 8.27. The first kappa shape index (κ1) is 19.7. The third kappa shape index (κ3) is 3.90. The molecule has 5 rings (SSSR count). The van der Waals surface area contributed by atoms with Crippen LogP contribution in [0.3, 0.4) is 0 Å². The number of ether oxygens (including phenoxy) is 1. The highest BCUT2D eigenvalue weighted by molar-refractivity contribution is 5.92. The van der Waals surface area contributed by atoms with Gasteiger partial charge < -0.3 is 19.9 Å². The Balaban J connectivity index is 1.41. The van der Waals surface area contributed by atoms with Crippen molar-refractivity contribution in [2.75, 3.05) is 25.0 Å². The number of nitrogens with zero attached hydrogens (tertiary/aromatic N) is 5. The van der Waals surface area contributed by atoms with E-state index in [1.54, 1.807) is 12.3 Å². The van der Waals surface area contributed by atoms with Crippen LogP contribution in [0, 0.1) is 5.92 Å². The van der Waals surface area contributed by atoms with Gasteiger partial charge in [0.1, 0.15) is 35.5 Å². The molecule has 0 spiro atoms. The second-order valence-electron chi connectivity index (χ2n) is 8.27. The predicted octanol–water partition coefficient (Wildman–Crippen LogP) is 2.18. The maximum Gasteiger partial charge on any atom is 0.228 e. The van der Waals surface area contributed by atoms with Crippen molar-refractivity contribution < 1.29 is 9.53 Å². The van der Waals surface area contributed by atoms with Crippen LogP contribution in [-0.2, 0) is 11.3 Å². The number of aromatic amines is 1. The van der Waals surface area contributed by atoms with Crippen molar-refractivity contribution in [1.82, 2.24) is 35.0 Å². The molecule has 3 aromatic heterocycles. The van der Waals surface area contributed by atoms with Crippen LogP contribution in [0.5, 0.6) is 5.75 Å². The summed E-state index contributed by atoms with van der Waals surface area (Å²) >= 11 is 0. The van der Waals surface area contributed by atoms with Crippen molar-refractivity contribution in [1.29, 1.82) is 0 Å². The molecule has 0 atom stereocenters. The number of pyridine rings is 1. The zero-order valence-corrected chi connectivity index (χ0v) is 17.7. The van der Waals surface area contributed by atoms with E-state index < -0.39 is 0 Å². The van der Waals surface area contributed by atoms with E-state index in [1.165, 1.54) is 0 Å². The summed E-state index contributed by atoms with van der Waals surface area (Å²) in [5.74, 6) is 3.60. The van der Waals surface area contributed by atoms with Crippen molar-refractivity contribution in [2.45, 2.75) is 39.2 Å². The van der Waals surface area contributed by atoms with Crippen LogP contribution in [0.1, 0.15) is 38.4 Å². The van der Waals surface area contributed by atoms with Gasteiger partial charge in [-0.3, -0.25) is 9.89 Å². The molecule has 3 N–H and O–H groups in total. The Bertz CT molecular complexity index is 1100. The van der Waals surface area contributed by atoms with Crippen LogP contribution in [0.2, 0.25) is 0 Å². The fourth-order valence-electron chi connectivity index (χ4n) is 3.92. The van der Waals surface area contributed by atoms with Crippen LogP contribution < -0.4 is 15.4 Å². The van der Waals surface area contributed by atoms with Gasteiger partial charge in [-0.15, -0.1) is 0 Å². The molecule has 31 heavy (non-hydrogen) atoms. The summed E-state index contributed by atoms with van der Waals surface area (Å²) < 4.78 is 7.97. The molecular formula is C21H26N8O2. The molecule has 5 heterocycles. The zero-order chi connectivity index (χ0) is 21.4. The lowest BCUT2D eigenvalue weighted by atomic mass is 9.97. The highest BCUT2D eigenvalue weighted by Crippen LogP contribution is 2.34. The number of anilines is 1. The highest BCUT2D eigenvalue weighted by Gasteiger charge is 2.24. The Hall–Kier alpha value is -3.27. The molecule has 2 aliphatic rings. The molecule has 0 aliphatic carbocycles. The Morgan fingerprint density at radius 2 is 2.13 bits per heavy atom. The smallest absolute Gasteiger partial charge is 0.228 e. The summed E-state index contributed by atoms with van der Waals surface area (Å²) in [7, 11) is 0. The third-order valence-electron chi connectivity index (χ3n) is 5.71. The van der Waals surface area contributed by atoms with Crippen LogP contribution in [0.15, 0.2) is 18.5 Å². The average Bonchev–Trinajstić information content (AvgIpc) is 3.39. The molecule has 0 aromatic carbocycles. The monoisotopic (exact) mass is 422 g/mol. The summed E-state index contributed by atoms with van der Waals surface area (Å²) in [6, 6.07) is 1.78. The number of nitrogens with one attached hydrogen (secondary N) is 3. The number of amides is 1. The molecule has 10 heteroatoms. The minimum Gasteiger partial charge on any atom is -0.491 e. The quantitative estimate of drug-likeness (QED) is 0.589. The number of H-pyrrole nitrogens is 1. The van der Waals surface area contributed by atoms with Crippen molar-refractivity contribution in [2.24, 2.45) is 5.92 Å². The molecule has 0 unspecified atom stereocenters. The Morgan fingerprint density at radius 1 is 1.29 bits per heavy atom. The minimum atomic E-state index is 0.0110. The SMILES string of the molecule is CC(C)c1nc(-c2cn3c(n2)-c2cnc(NC(=O)C4CCNCC4)cc2OCC3)n[nH]1. The number of rotatable bonds is 4. The summed E-state index contributed by atoms with van der Waals surface area (Å²) in [5.41, 5.74) is 1.48. The first-order valence-corrected chi connectivity index (χ1v) is 10.7. The molecule has 1 amide bonds. The largest absolute Gasteiger partial charge is 0.491 e. The maximum absolute atomic E-state index is 12.6. The number of hydrogen-bond acceptors (Lipinski definition) is 7. The second kappa shape index (κ2) is 8.10. The van der Waals surface area contributed by atoms with Gasteiger partial charge in [0.05, 0.1) is 12.1 Å². The van der Waals surface area contributed by atoms with Gasteiger partial charge in [-0.25, -0.2) is 15.0 Å². The lowest BCUT2D eigenvalue weighted by Crippen LogP contribution is -2.34. The summed E-state index contributed by atoms with van der Waals surface area (Å²) in [6.45, 7) is 7.00. The molecule has 10 nitrogen and oxygen atoms in total. The van der Waals surface area contributed by atoms with E-state index in [9.17, 15) is 4.79 Å². The van der Waals surface area contributed by atoms with E-state index in [0.717, 1.165) is 43.1 Å². The van der Waals surface area contributed by atoms with Gasteiger partial charge in [-0.1, -0.05) is 13.8 Å². The van der Waals surface area contributed by atoms with Crippen LogP contribution in [0.4, 0.5) is 5.82 Å². The number of carbonyl (C=O) groups is 1. The number of aromatic nitrogens is 6. The number of hydrogen-bond donors (Lipinski definition) is 3. The fourth-order valence-corrected chi connectivity index (χ4v) is 3.92. The molecular weight excluding hydrogens is 396 g/mol. The molecule has 162 valence electrons. The van der Waals surface area contributed by atoms with Crippen LogP contribution >= 0.6 is 0 Å². The lowest BCUT2D eigenvalue weighted by molar-refractivity contribution is -0.120. The Kier molecular flexibility index (Phi) is 5.14. The Morgan fingerprint density at radius 3 is 2.90 bits per heavy atom. The number of piperidine rings is 1. The molecule has 0 saturated carbocycles. The van der Waals surface area contributed by atoms with E-state index in [2.05, 4.69) is 44.6 Å². The molecule has 0 radical (unpaired) electrons. The maximum atomic E-state index is 12.6. The van der Waals surface area contributed by atoms with E-state index in [-0.39, 0.29) is 17.7 Å². The van der Waals surface area contributed by atoms with Crippen molar-refractivity contribution in [3.63, 3.8) is 0 Å². The van der Waals surface area contributed by atoms with Crippen molar-refractivity contribution in [3.05, 3.63) is 24.3 Å². The fraction of sp³-hybridized carbons (Fsp3) is 0.476. The lowest BCUT2D eigenvalue weighted by Gasteiger charge is -2.21. The Labute approximate surface area is 179 Å². The molecule has 3 aromatic rings. The van der Waals surface area contributed by atoms with Crippen LogP contribution in [-0.4, -0.2) is 55.3 Å². The van der Waals surface area contributed by atoms with Crippen molar-refractivity contribution in [3.8, 4) is 28.7 Å². The third-order valence-corrected chi connectivity index (χ3v) is 5.71. The van der Waals surface area contributed by atoms with Gasteiger partial charge in [0, 0.05) is 30.3 Å². The molecule has 0 bridgehead atoms. The first-order valence-electron chi connectivity index (χ1n) is 10.7. The minimum absolute atomic E-state index is 0.0110. The molecule has 2 aliphatic heterocycles. The van der Waals surface area contributed by atoms with Gasteiger partial charge in [-0.2, -0.15) is 5.10 Å². The van der Waals surface area contributed by atoms with Crippen LogP contribution in [0.25, 0.3) is 22.9 Å². The summed E-state index contributed by atoms with van der Waals surface area (Å²) in [6.07, 6.45) is 5.33. The zero-order valence-electron chi connectivity index (χ0n) is 17.7. The number of carbonyl (C=O) groups excluding carboxylic acids is 1. The summed E-state index contributed by atoms with van der Waals surface area (Å²) in [4.78, 5) is 26.3. The predicted molar refractivity (Wildman–Crippen MR) is 115 cm³/mol.